The van der Waals surface area contributed by atoms with E-state index in [1.165, 1.54) is 7.05 Å². The lowest BCUT2D eigenvalue weighted by Crippen LogP contribution is -2.51. The van der Waals surface area contributed by atoms with Gasteiger partial charge in [-0.2, -0.15) is 0 Å². The minimum atomic E-state index is -1.18. The molecule has 7 nitrogen and oxygen atoms in total. The topological polar surface area (TPSA) is 70.2 Å². The summed E-state index contributed by atoms with van der Waals surface area (Å²) in [5, 5.41) is 0. The molecule has 2 saturated heterocycles. The zero-order valence-corrected chi connectivity index (χ0v) is 21.2. The van der Waals surface area contributed by atoms with Gasteiger partial charge in [-0.15, -0.1) is 0 Å². The largest absolute Gasteiger partial charge is 0.495 e. The molecule has 0 unspecified atom stereocenters. The van der Waals surface area contributed by atoms with Crippen molar-refractivity contribution in [3.05, 3.63) is 84.4 Å². The molecule has 0 aliphatic carbocycles. The van der Waals surface area contributed by atoms with Crippen LogP contribution in [0.2, 0.25) is 0 Å². The van der Waals surface area contributed by atoms with E-state index in [9.17, 15) is 14.4 Å². The highest BCUT2D eigenvalue weighted by Gasteiger charge is 2.53. The Balaban J connectivity index is 1.35. The predicted molar refractivity (Wildman–Crippen MR) is 142 cm³/mol. The van der Waals surface area contributed by atoms with Crippen LogP contribution in [0, 0.1) is 0 Å². The van der Waals surface area contributed by atoms with E-state index in [0.29, 0.717) is 31.7 Å². The van der Waals surface area contributed by atoms with Gasteiger partial charge in [0.25, 0.3) is 0 Å². The normalized spacial score (nSPS) is 19.9. The summed E-state index contributed by atoms with van der Waals surface area (Å²) in [6.45, 7) is 2.41. The molecule has 0 spiro atoms. The van der Waals surface area contributed by atoms with Crippen LogP contribution in [0.4, 0.5) is 5.69 Å². The third kappa shape index (κ3) is 4.57. The molecule has 0 N–H and O–H groups in total. The Morgan fingerprint density at radius 1 is 0.838 bits per heavy atom. The molecule has 3 amide bonds. The van der Waals surface area contributed by atoms with Crippen LogP contribution in [0.1, 0.15) is 18.4 Å². The van der Waals surface area contributed by atoms with E-state index < -0.39 is 5.41 Å². The van der Waals surface area contributed by atoms with Crippen LogP contribution in [0.25, 0.3) is 11.1 Å². The number of carbonyl (C=O) groups is 3. The van der Waals surface area contributed by atoms with Crippen LogP contribution >= 0.6 is 0 Å². The first-order valence-electron chi connectivity index (χ1n) is 12.6. The number of piperazine rings is 1. The number of likely N-dealkylation sites (tertiary alicyclic amines) is 1. The summed E-state index contributed by atoms with van der Waals surface area (Å²) in [7, 11) is 3.16. The van der Waals surface area contributed by atoms with Crippen molar-refractivity contribution >= 4 is 23.4 Å². The van der Waals surface area contributed by atoms with Crippen molar-refractivity contribution in [3.63, 3.8) is 0 Å². The lowest BCUT2D eigenvalue weighted by molar-refractivity contribution is -0.141. The predicted octanol–water partition coefficient (Wildman–Crippen LogP) is 3.73. The van der Waals surface area contributed by atoms with Crippen molar-refractivity contribution in [2.75, 3.05) is 45.2 Å². The lowest BCUT2D eigenvalue weighted by Gasteiger charge is -2.38. The van der Waals surface area contributed by atoms with E-state index in [2.05, 4.69) is 4.90 Å². The average molecular weight is 498 g/mol. The number of imide groups is 1. The summed E-state index contributed by atoms with van der Waals surface area (Å²) >= 11 is 0. The van der Waals surface area contributed by atoms with Crippen LogP contribution in [-0.2, 0) is 19.8 Å². The number of anilines is 1. The molecule has 5 rings (SSSR count). The van der Waals surface area contributed by atoms with Crippen LogP contribution in [0.5, 0.6) is 5.75 Å². The summed E-state index contributed by atoms with van der Waals surface area (Å²) in [5.74, 6) is 0.124. The highest BCUT2D eigenvalue weighted by molar-refractivity contribution is 6.10. The molecule has 190 valence electrons. The molecule has 0 bridgehead atoms. The maximum atomic E-state index is 13.5. The van der Waals surface area contributed by atoms with Gasteiger partial charge in [-0.1, -0.05) is 66.7 Å². The molecule has 2 heterocycles. The third-order valence-corrected chi connectivity index (χ3v) is 7.60. The Hall–Kier alpha value is -4.13. The van der Waals surface area contributed by atoms with Crippen molar-refractivity contribution in [1.29, 1.82) is 0 Å². The lowest BCUT2D eigenvalue weighted by atomic mass is 9.75. The molecule has 1 atom stereocenters. The van der Waals surface area contributed by atoms with E-state index >= 15 is 0 Å². The number of likely N-dealkylation sites (N-methyl/N-ethyl adjacent to an activating group) is 1. The molecule has 0 radical (unpaired) electrons. The second-order valence-corrected chi connectivity index (χ2v) is 9.68. The Morgan fingerprint density at radius 3 is 2.08 bits per heavy atom. The maximum absolute atomic E-state index is 13.5. The van der Waals surface area contributed by atoms with Gasteiger partial charge >= 0.3 is 0 Å². The fourth-order valence-electron chi connectivity index (χ4n) is 5.42. The molecule has 0 saturated carbocycles. The summed E-state index contributed by atoms with van der Waals surface area (Å²) < 4.78 is 5.50. The zero-order valence-electron chi connectivity index (χ0n) is 21.2. The average Bonchev–Trinajstić information content (AvgIpc) is 3.17. The van der Waals surface area contributed by atoms with Gasteiger partial charge in [0, 0.05) is 46.1 Å². The van der Waals surface area contributed by atoms with Crippen LogP contribution < -0.4 is 9.64 Å². The SMILES string of the molecule is COc1ccccc1N1CCN(C(=O)C[C@]2(c3ccc(-c4ccccc4)cc3)CC(=O)N(C)C2=O)CC1. The molecule has 7 heteroatoms. The molecule has 0 aromatic heterocycles. The molecule has 3 aromatic rings. The van der Waals surface area contributed by atoms with Gasteiger partial charge in [-0.25, -0.2) is 0 Å². The molecule has 3 aromatic carbocycles. The highest BCUT2D eigenvalue weighted by Crippen LogP contribution is 2.40. The van der Waals surface area contributed by atoms with Crippen molar-refractivity contribution in [1.82, 2.24) is 9.80 Å². The number of carbonyl (C=O) groups excluding carboxylic acids is 3. The van der Waals surface area contributed by atoms with Crippen molar-refractivity contribution in [2.24, 2.45) is 0 Å². The number of rotatable bonds is 6. The molecular weight excluding hydrogens is 466 g/mol. The Morgan fingerprint density at radius 2 is 1.46 bits per heavy atom. The third-order valence-electron chi connectivity index (χ3n) is 7.60. The summed E-state index contributed by atoms with van der Waals surface area (Å²) in [4.78, 5) is 44.8. The minimum absolute atomic E-state index is 0.0000633. The summed E-state index contributed by atoms with van der Waals surface area (Å²) in [5.41, 5.74) is 2.61. The van der Waals surface area contributed by atoms with E-state index in [0.717, 1.165) is 27.5 Å². The Bertz CT molecular complexity index is 1300. The molecular formula is C30H31N3O4. The number of amides is 3. The highest BCUT2D eigenvalue weighted by atomic mass is 16.5. The first kappa shape index (κ1) is 24.6. The van der Waals surface area contributed by atoms with E-state index in [-0.39, 0.29) is 30.6 Å². The number of hydrogen-bond acceptors (Lipinski definition) is 5. The van der Waals surface area contributed by atoms with E-state index in [4.69, 9.17) is 4.74 Å². The fourth-order valence-corrected chi connectivity index (χ4v) is 5.42. The Labute approximate surface area is 217 Å². The molecule has 2 aliphatic rings. The van der Waals surface area contributed by atoms with Gasteiger partial charge in [0.2, 0.25) is 17.7 Å². The number of ether oxygens (including phenoxy) is 1. The van der Waals surface area contributed by atoms with Crippen LogP contribution in [-0.4, -0.2) is 67.9 Å². The Kier molecular flexibility index (Phi) is 6.70. The summed E-state index contributed by atoms with van der Waals surface area (Å²) in [6, 6.07) is 25.5. The van der Waals surface area contributed by atoms with Gasteiger partial charge < -0.3 is 14.5 Å². The summed E-state index contributed by atoms with van der Waals surface area (Å²) in [6.07, 6.45) is -0.0266. The van der Waals surface area contributed by atoms with E-state index in [1.54, 1.807) is 7.11 Å². The number of para-hydroxylation sites is 2. The fraction of sp³-hybridized carbons (Fsp3) is 0.300. The van der Waals surface area contributed by atoms with Crippen LogP contribution in [0.15, 0.2) is 78.9 Å². The number of hydrogen-bond donors (Lipinski definition) is 0. The van der Waals surface area contributed by atoms with E-state index in [1.807, 2.05) is 83.8 Å². The number of nitrogens with zero attached hydrogens (tertiary/aromatic N) is 3. The van der Waals surface area contributed by atoms with Gasteiger partial charge in [-0.3, -0.25) is 19.3 Å². The zero-order chi connectivity index (χ0) is 26.0. The monoisotopic (exact) mass is 497 g/mol. The van der Waals surface area contributed by atoms with Crippen molar-refractivity contribution < 1.29 is 19.1 Å². The van der Waals surface area contributed by atoms with Gasteiger partial charge in [-0.05, 0) is 28.8 Å². The first-order chi connectivity index (χ1) is 17.9. The first-order valence-corrected chi connectivity index (χ1v) is 12.6. The van der Waals surface area contributed by atoms with Gasteiger partial charge in [0.1, 0.15) is 5.75 Å². The number of methoxy groups -OCH3 is 1. The molecule has 2 aliphatic heterocycles. The van der Waals surface area contributed by atoms with Crippen LogP contribution in [0.3, 0.4) is 0 Å². The quantitative estimate of drug-likeness (QED) is 0.486. The van der Waals surface area contributed by atoms with Gasteiger partial charge in [0.15, 0.2) is 0 Å². The second-order valence-electron chi connectivity index (χ2n) is 9.68. The molecule has 37 heavy (non-hydrogen) atoms. The van der Waals surface area contributed by atoms with Crippen molar-refractivity contribution in [2.45, 2.75) is 18.3 Å². The minimum Gasteiger partial charge on any atom is -0.495 e. The van der Waals surface area contributed by atoms with Gasteiger partial charge in [0.05, 0.1) is 18.2 Å². The maximum Gasteiger partial charge on any atom is 0.240 e. The molecule has 2 fully saturated rings. The van der Waals surface area contributed by atoms with Crippen molar-refractivity contribution in [3.8, 4) is 16.9 Å². The smallest absolute Gasteiger partial charge is 0.240 e. The standard InChI is InChI=1S/C30H31N3O4/c1-31-27(34)20-30(29(31)36,24-14-12-23(13-15-24)22-8-4-3-5-9-22)21-28(35)33-18-16-32(17-19-33)25-10-6-7-11-26(25)37-2/h3-15H,16-21H2,1-2H3/t30-/m0/s1. The number of benzene rings is 3. The second kappa shape index (κ2) is 10.1.